The van der Waals surface area contributed by atoms with Crippen molar-refractivity contribution in [3.05, 3.63) is 29.8 Å². The van der Waals surface area contributed by atoms with E-state index in [9.17, 15) is 4.79 Å². The van der Waals surface area contributed by atoms with E-state index < -0.39 is 0 Å². The minimum atomic E-state index is -0.364. The Hall–Kier alpha value is -1.84. The fraction of sp³-hybridized carbons (Fsp3) is 0.467. The van der Waals surface area contributed by atoms with E-state index >= 15 is 0 Å². The van der Waals surface area contributed by atoms with Gasteiger partial charge in [-0.25, -0.2) is 0 Å². The smallest absolute Gasteiger partial charge is 0.218 e. The van der Waals surface area contributed by atoms with Crippen molar-refractivity contribution < 1.29 is 4.79 Å². The number of hydrogen-bond acceptors (Lipinski definition) is 3. The zero-order valence-corrected chi connectivity index (χ0v) is 11.9. The second kappa shape index (κ2) is 6.92. The van der Waals surface area contributed by atoms with Crippen molar-refractivity contribution >= 4 is 17.3 Å². The minimum Gasteiger partial charge on any atom is -0.372 e. The first-order valence-corrected chi connectivity index (χ1v) is 6.71. The molecule has 0 aliphatic rings. The molecule has 4 nitrogen and oxygen atoms in total. The number of carbonyl (C=O) groups excluding carboxylic acids is 1. The molecule has 1 amide bonds. The van der Waals surface area contributed by atoms with Crippen molar-refractivity contribution in [3.8, 4) is 0 Å². The van der Waals surface area contributed by atoms with E-state index in [4.69, 9.17) is 11.1 Å². The monoisotopic (exact) mass is 261 g/mol. The molecule has 0 spiro atoms. The molecule has 1 rings (SSSR count). The summed E-state index contributed by atoms with van der Waals surface area (Å²) in [5.74, 6) is -0.506. The summed E-state index contributed by atoms with van der Waals surface area (Å²) >= 11 is 0. The zero-order valence-electron chi connectivity index (χ0n) is 11.9. The summed E-state index contributed by atoms with van der Waals surface area (Å²) in [5.41, 5.74) is 7.64. The predicted molar refractivity (Wildman–Crippen MR) is 79.8 cm³/mol. The van der Waals surface area contributed by atoms with E-state index in [1.54, 1.807) is 0 Å². The lowest BCUT2D eigenvalue weighted by atomic mass is 9.95. The van der Waals surface area contributed by atoms with Gasteiger partial charge in [0.1, 0.15) is 0 Å². The van der Waals surface area contributed by atoms with Gasteiger partial charge in [-0.05, 0) is 31.5 Å². The fourth-order valence-corrected chi connectivity index (χ4v) is 2.13. The van der Waals surface area contributed by atoms with Gasteiger partial charge in [0.25, 0.3) is 0 Å². The molecule has 0 radical (unpaired) electrons. The van der Waals surface area contributed by atoms with Crippen LogP contribution in [0.1, 0.15) is 32.8 Å². The molecular weight excluding hydrogens is 238 g/mol. The van der Waals surface area contributed by atoms with E-state index in [1.807, 2.05) is 31.2 Å². The molecule has 1 atom stereocenters. The normalized spacial score (nSPS) is 11.9. The Kier molecular flexibility index (Phi) is 5.55. The van der Waals surface area contributed by atoms with Crippen LogP contribution in [0.5, 0.6) is 0 Å². The molecule has 0 aromatic heterocycles. The number of anilines is 1. The number of nitrogens with one attached hydrogen (secondary N) is 1. The largest absolute Gasteiger partial charge is 0.372 e. The zero-order chi connectivity index (χ0) is 14.4. The number of rotatable bonds is 7. The molecule has 4 heteroatoms. The molecular formula is C15H23N3O. The van der Waals surface area contributed by atoms with E-state index in [1.165, 1.54) is 0 Å². The average Bonchev–Trinajstić information content (AvgIpc) is 2.39. The topological polar surface area (TPSA) is 70.2 Å². The molecule has 0 saturated carbocycles. The van der Waals surface area contributed by atoms with Crippen LogP contribution >= 0.6 is 0 Å². The molecule has 0 fully saturated rings. The van der Waals surface area contributed by atoms with Crippen LogP contribution < -0.4 is 10.6 Å². The number of hydrogen-bond donors (Lipinski definition) is 2. The Morgan fingerprint density at radius 1 is 1.26 bits per heavy atom. The second-order valence-corrected chi connectivity index (χ2v) is 4.70. The first-order valence-electron chi connectivity index (χ1n) is 6.71. The van der Waals surface area contributed by atoms with Crippen LogP contribution in [0, 0.1) is 11.3 Å². The van der Waals surface area contributed by atoms with Crippen molar-refractivity contribution in [2.75, 3.05) is 18.0 Å². The standard InChI is InChI=1S/C15H23N3O/c1-4-18(5-2)13-8-6-12(7-9-13)15(17)11(3)10-14(16)19/h6-9,11,17H,4-5,10H2,1-3H3,(H2,16,19). The Bertz CT molecular complexity index is 435. The number of amides is 1. The highest BCUT2D eigenvalue weighted by atomic mass is 16.1. The Morgan fingerprint density at radius 2 is 1.79 bits per heavy atom. The van der Waals surface area contributed by atoms with Crippen LogP contribution in [-0.4, -0.2) is 24.7 Å². The lowest BCUT2D eigenvalue weighted by Crippen LogP contribution is -2.22. The van der Waals surface area contributed by atoms with Crippen molar-refractivity contribution in [1.29, 1.82) is 5.41 Å². The lowest BCUT2D eigenvalue weighted by molar-refractivity contribution is -0.118. The summed E-state index contributed by atoms with van der Waals surface area (Å²) in [5, 5.41) is 8.08. The minimum absolute atomic E-state index is 0.142. The van der Waals surface area contributed by atoms with E-state index in [-0.39, 0.29) is 18.2 Å². The van der Waals surface area contributed by atoms with Crippen molar-refractivity contribution in [1.82, 2.24) is 0 Å². The number of nitrogens with zero attached hydrogens (tertiary/aromatic N) is 1. The van der Waals surface area contributed by atoms with Crippen LogP contribution in [0.25, 0.3) is 0 Å². The molecule has 0 aliphatic carbocycles. The van der Waals surface area contributed by atoms with Gasteiger partial charge in [-0.2, -0.15) is 0 Å². The van der Waals surface area contributed by atoms with Crippen molar-refractivity contribution in [3.63, 3.8) is 0 Å². The molecule has 0 heterocycles. The SMILES string of the molecule is CCN(CC)c1ccc(C(=N)C(C)CC(N)=O)cc1. The Labute approximate surface area is 115 Å². The molecule has 0 saturated heterocycles. The lowest BCUT2D eigenvalue weighted by Gasteiger charge is -2.21. The molecule has 0 aliphatic heterocycles. The summed E-state index contributed by atoms with van der Waals surface area (Å²) < 4.78 is 0. The Morgan fingerprint density at radius 3 is 2.21 bits per heavy atom. The summed E-state index contributed by atoms with van der Waals surface area (Å²) in [7, 11) is 0. The van der Waals surface area contributed by atoms with Crippen LogP contribution in [0.4, 0.5) is 5.69 Å². The number of nitrogens with two attached hydrogens (primary N) is 1. The van der Waals surface area contributed by atoms with Crippen LogP contribution in [0.2, 0.25) is 0 Å². The van der Waals surface area contributed by atoms with Gasteiger partial charge in [0.05, 0.1) is 0 Å². The first-order chi connectivity index (χ1) is 8.99. The van der Waals surface area contributed by atoms with Crippen molar-refractivity contribution in [2.45, 2.75) is 27.2 Å². The molecule has 1 aromatic carbocycles. The highest BCUT2D eigenvalue weighted by Gasteiger charge is 2.14. The molecule has 0 bridgehead atoms. The van der Waals surface area contributed by atoms with Gasteiger partial charge in [0, 0.05) is 36.8 Å². The number of benzene rings is 1. The summed E-state index contributed by atoms with van der Waals surface area (Å²) in [4.78, 5) is 13.1. The molecule has 104 valence electrons. The highest BCUT2D eigenvalue weighted by molar-refractivity contribution is 6.01. The van der Waals surface area contributed by atoms with Crippen LogP contribution in [-0.2, 0) is 4.79 Å². The quantitative estimate of drug-likeness (QED) is 0.740. The van der Waals surface area contributed by atoms with Crippen LogP contribution in [0.15, 0.2) is 24.3 Å². The van der Waals surface area contributed by atoms with E-state index in [2.05, 4.69) is 18.7 Å². The van der Waals surface area contributed by atoms with Gasteiger partial charge in [-0.1, -0.05) is 19.1 Å². The molecule has 3 N–H and O–H groups in total. The summed E-state index contributed by atoms with van der Waals surface area (Å²) in [6.07, 6.45) is 0.219. The predicted octanol–water partition coefficient (Wildman–Crippen LogP) is 2.41. The number of carbonyl (C=O) groups is 1. The maximum absolute atomic E-state index is 10.9. The highest BCUT2D eigenvalue weighted by Crippen LogP contribution is 2.18. The maximum atomic E-state index is 10.9. The van der Waals surface area contributed by atoms with Gasteiger partial charge in [-0.15, -0.1) is 0 Å². The molecule has 19 heavy (non-hydrogen) atoms. The molecule has 1 aromatic rings. The third kappa shape index (κ3) is 4.09. The third-order valence-electron chi connectivity index (χ3n) is 3.31. The maximum Gasteiger partial charge on any atom is 0.218 e. The fourth-order valence-electron chi connectivity index (χ4n) is 2.13. The number of primary amides is 1. The van der Waals surface area contributed by atoms with E-state index in [0.29, 0.717) is 5.71 Å². The van der Waals surface area contributed by atoms with Crippen molar-refractivity contribution in [2.24, 2.45) is 11.7 Å². The molecule has 1 unspecified atom stereocenters. The van der Waals surface area contributed by atoms with E-state index in [0.717, 1.165) is 24.3 Å². The average molecular weight is 261 g/mol. The Balaban J connectivity index is 2.81. The van der Waals surface area contributed by atoms with Gasteiger partial charge < -0.3 is 16.0 Å². The third-order valence-corrected chi connectivity index (χ3v) is 3.31. The van der Waals surface area contributed by atoms with Gasteiger partial charge in [0.15, 0.2) is 0 Å². The van der Waals surface area contributed by atoms with Crippen LogP contribution in [0.3, 0.4) is 0 Å². The van der Waals surface area contributed by atoms with Gasteiger partial charge >= 0.3 is 0 Å². The second-order valence-electron chi connectivity index (χ2n) is 4.70. The summed E-state index contributed by atoms with van der Waals surface area (Å²) in [6.45, 7) is 8.02. The summed E-state index contributed by atoms with van der Waals surface area (Å²) in [6, 6.07) is 7.92. The first kappa shape index (κ1) is 15.2. The van der Waals surface area contributed by atoms with Gasteiger partial charge in [0.2, 0.25) is 5.91 Å². The van der Waals surface area contributed by atoms with Gasteiger partial charge in [-0.3, -0.25) is 4.79 Å².